The number of rotatable bonds is 43. The average Bonchev–Trinajstić information content (AvgIpc) is 2.22. The molecular formula is C61H83FN8O18. The summed E-state index contributed by atoms with van der Waals surface area (Å²) >= 11 is 0. The van der Waals surface area contributed by atoms with Gasteiger partial charge >= 0.3 is 5.97 Å². The van der Waals surface area contributed by atoms with Crippen LogP contribution in [-0.4, -0.2) is 197 Å². The van der Waals surface area contributed by atoms with Gasteiger partial charge in [0.05, 0.1) is 186 Å². The summed E-state index contributed by atoms with van der Waals surface area (Å²) in [5.41, 5.74) is 11.8. The number of nitrogens with one attached hydrogen (secondary N) is 2. The van der Waals surface area contributed by atoms with Crippen molar-refractivity contribution in [2.24, 2.45) is 15.6 Å². The number of nitrogens with zero attached hydrogens (tertiary/aromatic N) is 6. The number of aliphatic hydroxyl groups is 1. The maximum Gasteiger partial charge on any atom is 0.343 e. The van der Waals surface area contributed by atoms with E-state index in [0.717, 1.165) is 5.56 Å². The highest BCUT2D eigenvalue weighted by molar-refractivity contribution is 6.06. The van der Waals surface area contributed by atoms with Gasteiger partial charge in [0.25, 0.3) is 11.5 Å². The third-order valence-electron chi connectivity index (χ3n) is 15.0. The van der Waals surface area contributed by atoms with Crippen LogP contribution in [0.4, 0.5) is 4.39 Å². The van der Waals surface area contributed by atoms with Crippen molar-refractivity contribution in [1.29, 1.82) is 0 Å². The predicted molar refractivity (Wildman–Crippen MR) is 318 cm³/mol. The highest BCUT2D eigenvalue weighted by atomic mass is 19.1. The lowest BCUT2D eigenvalue weighted by Crippen LogP contribution is -2.48. The summed E-state index contributed by atoms with van der Waals surface area (Å²) in [6.07, 6.45) is 0.761. The Hall–Kier alpha value is -6.56. The minimum atomic E-state index is -2.03. The molecule has 2 aromatic heterocycles. The Morgan fingerprint density at radius 2 is 1.25 bits per heavy atom. The van der Waals surface area contributed by atoms with E-state index in [2.05, 4.69) is 25.9 Å². The number of hydrogen-bond donors (Lipinski definition) is 3. The van der Waals surface area contributed by atoms with Gasteiger partial charge in [0.2, 0.25) is 5.91 Å². The number of aromatic nitrogens is 2. The lowest BCUT2D eigenvalue weighted by atomic mass is 9.81. The number of aryl methyl sites for hydroxylation is 1. The number of fused-ring (bicyclic) bond motifs is 5. The third kappa shape index (κ3) is 19.0. The van der Waals surface area contributed by atoms with Crippen LogP contribution < -0.4 is 21.0 Å². The van der Waals surface area contributed by atoms with Crippen LogP contribution in [0.5, 0.6) is 5.75 Å². The van der Waals surface area contributed by atoms with E-state index >= 15 is 4.39 Å². The minimum Gasteiger partial charge on any atom is -0.491 e. The maximum atomic E-state index is 15.5. The fourth-order valence-electron chi connectivity index (χ4n) is 9.94. The number of carbonyl (C=O) groups is 3. The van der Waals surface area contributed by atoms with Gasteiger partial charge in [0.15, 0.2) is 5.60 Å². The number of azide groups is 1. The van der Waals surface area contributed by atoms with Crippen molar-refractivity contribution in [3.8, 4) is 17.1 Å². The zero-order chi connectivity index (χ0) is 62.7. The first-order chi connectivity index (χ1) is 42.7. The van der Waals surface area contributed by atoms with Crippen LogP contribution in [0.3, 0.4) is 0 Å². The molecule has 0 radical (unpaired) electrons. The lowest BCUT2D eigenvalue weighted by molar-refractivity contribution is -0.172. The summed E-state index contributed by atoms with van der Waals surface area (Å²) in [4.78, 5) is 62.3. The summed E-state index contributed by atoms with van der Waals surface area (Å²) in [6.45, 7) is 18.1. The first kappa shape index (κ1) is 68.9. The summed E-state index contributed by atoms with van der Waals surface area (Å²) < 4.78 is 88.4. The van der Waals surface area contributed by atoms with Crippen LogP contribution in [0.1, 0.15) is 85.5 Å². The third-order valence-corrected chi connectivity index (χ3v) is 15.0. The van der Waals surface area contributed by atoms with Gasteiger partial charge in [0, 0.05) is 34.0 Å². The van der Waals surface area contributed by atoms with E-state index in [0.29, 0.717) is 227 Å². The number of carbonyl (C=O) groups excluding carboxylic acids is 3. The van der Waals surface area contributed by atoms with E-state index < -0.39 is 46.2 Å². The number of benzene rings is 2. The largest absolute Gasteiger partial charge is 0.491 e. The van der Waals surface area contributed by atoms with Gasteiger partial charge in [-0.25, -0.2) is 19.6 Å². The lowest BCUT2D eigenvalue weighted by Gasteiger charge is -2.32. The number of esters is 1. The summed E-state index contributed by atoms with van der Waals surface area (Å²) in [6, 6.07) is 9.45. The van der Waals surface area contributed by atoms with Gasteiger partial charge in [-0.05, 0) is 105 Å². The molecule has 0 saturated heterocycles. The highest BCUT2D eigenvalue weighted by Crippen LogP contribution is 2.46. The van der Waals surface area contributed by atoms with Crippen molar-refractivity contribution in [1.82, 2.24) is 20.3 Å². The second-order valence-corrected chi connectivity index (χ2v) is 21.2. The van der Waals surface area contributed by atoms with Gasteiger partial charge in [-0.2, -0.15) is 5.10 Å². The molecule has 0 saturated carbocycles. The van der Waals surface area contributed by atoms with Crippen molar-refractivity contribution in [3.63, 3.8) is 0 Å². The normalized spacial score (nSPS) is 16.0. The second-order valence-electron chi connectivity index (χ2n) is 21.2. The molecule has 1 aliphatic carbocycles. The number of pyridine rings is 2. The molecule has 4 aromatic rings. The molecule has 0 spiro atoms. The van der Waals surface area contributed by atoms with E-state index in [1.807, 2.05) is 0 Å². The maximum absolute atomic E-state index is 15.5. The number of cyclic esters (lactones) is 1. The molecule has 26 nitrogen and oxygen atoms in total. The minimum absolute atomic E-state index is 0.0300. The van der Waals surface area contributed by atoms with E-state index in [4.69, 9.17) is 72.1 Å². The Bertz CT molecular complexity index is 3090. The number of ether oxygens (including phenoxy) is 13. The molecule has 0 bridgehead atoms. The van der Waals surface area contributed by atoms with Crippen molar-refractivity contribution in [2.75, 3.05) is 159 Å². The van der Waals surface area contributed by atoms with Crippen LogP contribution in [0.25, 0.3) is 32.7 Å². The predicted octanol–water partition coefficient (Wildman–Crippen LogP) is 5.07. The van der Waals surface area contributed by atoms with Crippen LogP contribution in [0.2, 0.25) is 0 Å². The number of amides is 2. The molecule has 27 heteroatoms. The van der Waals surface area contributed by atoms with Gasteiger partial charge in [-0.15, -0.1) is 0 Å². The van der Waals surface area contributed by atoms with Crippen molar-refractivity contribution < 1.29 is 85.5 Å². The molecule has 2 aromatic carbocycles. The molecule has 2 atom stereocenters. The molecule has 2 amide bonds. The standard InChI is InChI=1S/C61H83FN8O18/c1-6-61(75)48-37-52-55-46(39-70(52)56(71)47(48)40-88-59(61)74)54-50(12-11-45-41(2)49(62)38-51(65-55)53(45)54)66-57(72)60(4,5)58(73)68-67-42(3)43-7-9-44(10-8-43)87-36-35-86-34-33-85-32-31-84-30-29-83-28-27-82-26-25-81-24-23-80-22-21-79-20-19-78-18-17-77-16-15-76-14-13-64-69-63/h7-10,37-38,50,75H,6,11-36,39-40H2,1-5H3,(H,66,72)(H,68,73)/b67-42+/t50-,61-/m1/s1. The first-order valence-electron chi connectivity index (χ1n) is 29.8. The van der Waals surface area contributed by atoms with Gasteiger partial charge in [-0.3, -0.25) is 14.4 Å². The monoisotopic (exact) mass is 1230 g/mol. The van der Waals surface area contributed by atoms with Gasteiger partial charge < -0.3 is 76.6 Å². The Morgan fingerprint density at radius 1 is 0.750 bits per heavy atom. The number of hydrazone groups is 1. The van der Waals surface area contributed by atoms with Crippen LogP contribution in [0, 0.1) is 18.2 Å². The second kappa shape index (κ2) is 35.6. The molecular weight excluding hydrogens is 1150 g/mol. The molecule has 0 unspecified atom stereocenters. The quantitative estimate of drug-likeness (QED) is 0.00670. The van der Waals surface area contributed by atoms with Crippen LogP contribution in [0.15, 0.2) is 51.4 Å². The van der Waals surface area contributed by atoms with E-state index in [1.54, 1.807) is 51.1 Å². The number of halogens is 1. The van der Waals surface area contributed by atoms with E-state index in [-0.39, 0.29) is 30.7 Å². The summed E-state index contributed by atoms with van der Waals surface area (Å²) in [7, 11) is 0. The zero-order valence-electron chi connectivity index (χ0n) is 51.0. The molecule has 4 heterocycles. The van der Waals surface area contributed by atoms with Crippen LogP contribution >= 0.6 is 0 Å². The number of hydrogen-bond acceptors (Lipinski definition) is 21. The first-order valence-corrected chi connectivity index (χ1v) is 29.8. The SMILES string of the molecule is CC[C@]1(O)C(=O)OCc2c1cc1n(c2=O)Cc2c-1nc1cc(F)c(C)c3c1c2[C@H](NC(=O)C(C)(C)C(=O)N/N=C(\C)c1ccc(OCCOCCOCCOCCOCCOCCOCCOCCOCCOCCOCCOCCN=[N+]=[N-])cc1)CC3. The Kier molecular flexibility index (Phi) is 27.9. The molecule has 3 N–H and O–H groups in total. The molecule has 0 fully saturated rings. The van der Waals surface area contributed by atoms with Crippen LogP contribution in [-0.2, 0) is 96.4 Å². The Labute approximate surface area is 510 Å². The molecule has 7 rings (SSSR count). The molecule has 88 heavy (non-hydrogen) atoms. The fourth-order valence-corrected chi connectivity index (χ4v) is 9.94. The van der Waals surface area contributed by atoms with Crippen molar-refractivity contribution in [2.45, 2.75) is 78.7 Å². The molecule has 482 valence electrons. The average molecular weight is 1240 g/mol. The van der Waals surface area contributed by atoms with E-state index in [9.17, 15) is 24.3 Å². The summed E-state index contributed by atoms with van der Waals surface area (Å²) in [5, 5.41) is 22.9. The fraction of sp³-hybridized carbons (Fsp3) is 0.607. The smallest absolute Gasteiger partial charge is 0.343 e. The summed E-state index contributed by atoms with van der Waals surface area (Å²) in [5.74, 6) is -1.90. The van der Waals surface area contributed by atoms with E-state index in [1.165, 1.54) is 24.5 Å². The molecule has 2 aliphatic heterocycles. The molecule has 3 aliphatic rings. The topological polar surface area (TPSA) is 311 Å². The van der Waals surface area contributed by atoms with Crippen molar-refractivity contribution in [3.05, 3.63) is 102 Å². The zero-order valence-corrected chi connectivity index (χ0v) is 51.0. The Morgan fingerprint density at radius 3 is 1.75 bits per heavy atom. The van der Waals surface area contributed by atoms with Gasteiger partial charge in [0.1, 0.15) is 30.2 Å². The Balaban J connectivity index is 0.695. The highest BCUT2D eigenvalue weighted by Gasteiger charge is 2.46. The van der Waals surface area contributed by atoms with Gasteiger partial charge in [-0.1, -0.05) is 12.0 Å². The van der Waals surface area contributed by atoms with Crippen molar-refractivity contribution >= 4 is 34.4 Å².